The van der Waals surface area contributed by atoms with Crippen LogP contribution in [0.25, 0.3) is 0 Å². The molecule has 0 spiro atoms. The third kappa shape index (κ3) is 1.28. The largest absolute Gasteiger partial charge is 0.315 e. The van der Waals surface area contributed by atoms with Gasteiger partial charge in [0, 0.05) is 12.7 Å². The van der Waals surface area contributed by atoms with Crippen molar-refractivity contribution in [1.29, 1.82) is 0 Å². The molecule has 0 radical (unpaired) electrons. The van der Waals surface area contributed by atoms with E-state index in [9.17, 15) is 0 Å². The summed E-state index contributed by atoms with van der Waals surface area (Å²) in [6.07, 6.45) is 3.27. The van der Waals surface area contributed by atoms with Crippen LogP contribution in [-0.2, 0) is 0 Å². The third-order valence-electron chi connectivity index (χ3n) is 2.15. The quantitative estimate of drug-likeness (QED) is 0.641. The highest BCUT2D eigenvalue weighted by atomic mass is 15.3. The molecule has 1 aromatic heterocycles. The van der Waals surface area contributed by atoms with Crippen molar-refractivity contribution >= 4 is 0 Å². The summed E-state index contributed by atoms with van der Waals surface area (Å²) in [5.74, 6) is 0. The SMILES string of the molecule is Cc1ccn(C2CCNC2)n1. The molecule has 2 heterocycles. The number of aromatic nitrogens is 2. The second-order valence-corrected chi connectivity index (χ2v) is 3.08. The Morgan fingerprint density at radius 2 is 2.64 bits per heavy atom. The van der Waals surface area contributed by atoms with E-state index < -0.39 is 0 Å². The molecule has 1 fully saturated rings. The summed E-state index contributed by atoms with van der Waals surface area (Å²) >= 11 is 0. The van der Waals surface area contributed by atoms with E-state index >= 15 is 0 Å². The van der Waals surface area contributed by atoms with Gasteiger partial charge in [-0.2, -0.15) is 5.10 Å². The first-order valence-electron chi connectivity index (χ1n) is 4.09. The standard InChI is InChI=1S/C8H13N3/c1-7-3-5-11(10-7)8-2-4-9-6-8/h3,5,8-9H,2,4,6H2,1H3. The van der Waals surface area contributed by atoms with Crippen LogP contribution < -0.4 is 5.32 Å². The van der Waals surface area contributed by atoms with Crippen molar-refractivity contribution in [2.75, 3.05) is 13.1 Å². The van der Waals surface area contributed by atoms with Gasteiger partial charge in [0.05, 0.1) is 11.7 Å². The number of nitrogens with one attached hydrogen (secondary N) is 1. The number of hydrogen-bond donors (Lipinski definition) is 1. The van der Waals surface area contributed by atoms with Gasteiger partial charge in [-0.1, -0.05) is 0 Å². The summed E-state index contributed by atoms with van der Waals surface area (Å²) in [5.41, 5.74) is 1.11. The Labute approximate surface area is 66.4 Å². The molecule has 11 heavy (non-hydrogen) atoms. The zero-order valence-corrected chi connectivity index (χ0v) is 6.75. The van der Waals surface area contributed by atoms with E-state index in [0.717, 1.165) is 18.8 Å². The second-order valence-electron chi connectivity index (χ2n) is 3.08. The fraction of sp³-hybridized carbons (Fsp3) is 0.625. The van der Waals surface area contributed by atoms with Crippen LogP contribution in [-0.4, -0.2) is 22.9 Å². The van der Waals surface area contributed by atoms with E-state index in [1.165, 1.54) is 6.42 Å². The van der Waals surface area contributed by atoms with E-state index in [2.05, 4.69) is 27.4 Å². The molecule has 60 valence electrons. The summed E-state index contributed by atoms with van der Waals surface area (Å²) < 4.78 is 2.06. The summed E-state index contributed by atoms with van der Waals surface area (Å²) in [6, 6.07) is 2.64. The Bertz CT molecular complexity index is 235. The van der Waals surface area contributed by atoms with Gasteiger partial charge in [0.15, 0.2) is 0 Å². The molecular formula is C8H13N3. The molecule has 1 unspecified atom stereocenters. The molecule has 1 atom stereocenters. The fourth-order valence-corrected chi connectivity index (χ4v) is 1.50. The van der Waals surface area contributed by atoms with Gasteiger partial charge < -0.3 is 5.32 Å². The molecule has 1 aromatic rings. The maximum Gasteiger partial charge on any atom is 0.0655 e. The van der Waals surface area contributed by atoms with Crippen LogP contribution in [0.3, 0.4) is 0 Å². The van der Waals surface area contributed by atoms with Gasteiger partial charge in [0.25, 0.3) is 0 Å². The molecule has 0 saturated carbocycles. The van der Waals surface area contributed by atoms with Crippen molar-refractivity contribution in [2.45, 2.75) is 19.4 Å². The monoisotopic (exact) mass is 151 g/mol. The lowest BCUT2D eigenvalue weighted by molar-refractivity contribution is 0.488. The van der Waals surface area contributed by atoms with Gasteiger partial charge in [0.2, 0.25) is 0 Å². The molecular weight excluding hydrogens is 138 g/mol. The average Bonchev–Trinajstić information content (AvgIpc) is 2.55. The predicted octanol–water partition coefficient (Wildman–Crippen LogP) is 0.726. The van der Waals surface area contributed by atoms with Crippen molar-refractivity contribution in [3.63, 3.8) is 0 Å². The van der Waals surface area contributed by atoms with E-state index in [4.69, 9.17) is 0 Å². The normalized spacial score (nSPS) is 24.3. The molecule has 0 amide bonds. The summed E-state index contributed by atoms with van der Waals surface area (Å²) in [6.45, 7) is 4.23. The molecule has 1 aliphatic heterocycles. The first kappa shape index (κ1) is 6.85. The topological polar surface area (TPSA) is 29.9 Å². The van der Waals surface area contributed by atoms with Crippen molar-refractivity contribution < 1.29 is 0 Å². The third-order valence-corrected chi connectivity index (χ3v) is 2.15. The van der Waals surface area contributed by atoms with Crippen LogP contribution in [0.4, 0.5) is 0 Å². The molecule has 1 aliphatic rings. The van der Waals surface area contributed by atoms with Crippen molar-refractivity contribution in [1.82, 2.24) is 15.1 Å². The first-order chi connectivity index (χ1) is 5.36. The lowest BCUT2D eigenvalue weighted by Crippen LogP contribution is -2.13. The molecule has 1 saturated heterocycles. The van der Waals surface area contributed by atoms with E-state index in [-0.39, 0.29) is 0 Å². The lowest BCUT2D eigenvalue weighted by atomic mass is 10.3. The Morgan fingerprint density at radius 1 is 1.73 bits per heavy atom. The van der Waals surface area contributed by atoms with Crippen LogP contribution in [0, 0.1) is 6.92 Å². The Morgan fingerprint density at radius 3 is 3.18 bits per heavy atom. The van der Waals surface area contributed by atoms with Crippen molar-refractivity contribution in [2.24, 2.45) is 0 Å². The van der Waals surface area contributed by atoms with Crippen LogP contribution >= 0.6 is 0 Å². The molecule has 0 aromatic carbocycles. The summed E-state index contributed by atoms with van der Waals surface area (Å²) in [4.78, 5) is 0. The average molecular weight is 151 g/mol. The van der Waals surface area contributed by atoms with Crippen LogP contribution in [0.1, 0.15) is 18.2 Å². The highest BCUT2D eigenvalue weighted by Gasteiger charge is 2.15. The van der Waals surface area contributed by atoms with Gasteiger partial charge in [-0.25, -0.2) is 0 Å². The van der Waals surface area contributed by atoms with Crippen LogP contribution in [0.5, 0.6) is 0 Å². The summed E-state index contributed by atoms with van der Waals surface area (Å²) in [7, 11) is 0. The molecule has 0 aliphatic carbocycles. The van der Waals surface area contributed by atoms with E-state index in [0.29, 0.717) is 6.04 Å². The first-order valence-corrected chi connectivity index (χ1v) is 4.09. The van der Waals surface area contributed by atoms with Gasteiger partial charge in [0.1, 0.15) is 0 Å². The minimum atomic E-state index is 0.587. The predicted molar refractivity (Wildman–Crippen MR) is 43.5 cm³/mol. The minimum Gasteiger partial charge on any atom is -0.315 e. The van der Waals surface area contributed by atoms with Gasteiger partial charge in [-0.3, -0.25) is 4.68 Å². The van der Waals surface area contributed by atoms with Gasteiger partial charge in [-0.05, 0) is 26.0 Å². The number of hydrogen-bond acceptors (Lipinski definition) is 2. The van der Waals surface area contributed by atoms with E-state index in [1.807, 2.05) is 6.92 Å². The Balaban J connectivity index is 2.15. The molecule has 3 heteroatoms. The van der Waals surface area contributed by atoms with Crippen molar-refractivity contribution in [3.05, 3.63) is 18.0 Å². The maximum atomic E-state index is 4.37. The van der Waals surface area contributed by atoms with Crippen molar-refractivity contribution in [3.8, 4) is 0 Å². The highest BCUT2D eigenvalue weighted by Crippen LogP contribution is 2.13. The zero-order valence-electron chi connectivity index (χ0n) is 6.75. The highest BCUT2D eigenvalue weighted by molar-refractivity contribution is 4.96. The molecule has 1 N–H and O–H groups in total. The zero-order chi connectivity index (χ0) is 7.68. The molecule has 0 bridgehead atoms. The van der Waals surface area contributed by atoms with Crippen LogP contribution in [0.15, 0.2) is 12.3 Å². The fourth-order valence-electron chi connectivity index (χ4n) is 1.50. The smallest absolute Gasteiger partial charge is 0.0655 e. The lowest BCUT2D eigenvalue weighted by Gasteiger charge is -2.07. The van der Waals surface area contributed by atoms with E-state index in [1.54, 1.807) is 0 Å². The number of aryl methyl sites for hydroxylation is 1. The van der Waals surface area contributed by atoms with Gasteiger partial charge >= 0.3 is 0 Å². The second kappa shape index (κ2) is 2.66. The number of nitrogens with zero attached hydrogens (tertiary/aromatic N) is 2. The molecule has 3 nitrogen and oxygen atoms in total. The maximum absolute atomic E-state index is 4.37. The Hall–Kier alpha value is -0.830. The van der Waals surface area contributed by atoms with Crippen LogP contribution in [0.2, 0.25) is 0 Å². The molecule has 2 rings (SSSR count). The minimum absolute atomic E-state index is 0.587. The van der Waals surface area contributed by atoms with Gasteiger partial charge in [-0.15, -0.1) is 0 Å². The summed E-state index contributed by atoms with van der Waals surface area (Å²) in [5, 5.41) is 7.69. The Kier molecular flexibility index (Phi) is 1.66. The number of rotatable bonds is 1.